The molecule has 2 aliphatic heterocycles. The first-order valence-corrected chi connectivity index (χ1v) is 8.12. The van der Waals surface area contributed by atoms with E-state index in [1.54, 1.807) is 4.90 Å². The van der Waals surface area contributed by atoms with E-state index >= 15 is 0 Å². The Bertz CT molecular complexity index is 602. The summed E-state index contributed by atoms with van der Waals surface area (Å²) in [6, 6.07) is 7.95. The van der Waals surface area contributed by atoms with Crippen LogP contribution in [0.1, 0.15) is 12.8 Å². The molecule has 1 aromatic rings. The van der Waals surface area contributed by atoms with Gasteiger partial charge in [-0.2, -0.15) is 0 Å². The van der Waals surface area contributed by atoms with E-state index in [0.717, 1.165) is 25.2 Å². The van der Waals surface area contributed by atoms with Gasteiger partial charge in [-0.25, -0.2) is 0 Å². The molecule has 1 atom stereocenters. The summed E-state index contributed by atoms with van der Waals surface area (Å²) in [7, 11) is 4.17. The molecule has 1 saturated heterocycles. The lowest BCUT2D eigenvalue weighted by Crippen LogP contribution is -2.51. The Kier molecular flexibility index (Phi) is 4.63. The van der Waals surface area contributed by atoms with Crippen LogP contribution in [-0.2, 0) is 9.59 Å². The quantitative estimate of drug-likeness (QED) is 0.904. The van der Waals surface area contributed by atoms with Crippen LogP contribution in [0.25, 0.3) is 0 Å². The van der Waals surface area contributed by atoms with E-state index in [1.165, 1.54) is 6.42 Å². The maximum absolute atomic E-state index is 12.7. The number of piperidine rings is 1. The number of nitrogens with zero attached hydrogens (tertiary/aromatic N) is 3. The second-order valence-electron chi connectivity index (χ2n) is 6.54. The Labute approximate surface area is 137 Å². The van der Waals surface area contributed by atoms with Crippen molar-refractivity contribution in [2.45, 2.75) is 18.9 Å². The standard InChI is InChI=1S/C17H24N4O2/c1-19(2)13-6-5-9-20(10-13)12-17(23)21-11-16(22)18-14-7-3-4-8-15(14)21/h3-4,7-8,13H,5-6,9-12H2,1-2H3,(H,18,22). The van der Waals surface area contributed by atoms with E-state index in [4.69, 9.17) is 0 Å². The van der Waals surface area contributed by atoms with Gasteiger partial charge in [0, 0.05) is 12.6 Å². The van der Waals surface area contributed by atoms with E-state index in [0.29, 0.717) is 18.3 Å². The highest BCUT2D eigenvalue weighted by molar-refractivity contribution is 6.10. The van der Waals surface area contributed by atoms with Gasteiger partial charge in [-0.05, 0) is 45.6 Å². The fraction of sp³-hybridized carbons (Fsp3) is 0.529. The number of carbonyl (C=O) groups excluding carboxylic acids is 2. The molecule has 1 unspecified atom stereocenters. The third-order valence-corrected chi connectivity index (χ3v) is 4.64. The molecule has 0 aromatic heterocycles. The number of hydrogen-bond acceptors (Lipinski definition) is 4. The highest BCUT2D eigenvalue weighted by Crippen LogP contribution is 2.29. The maximum Gasteiger partial charge on any atom is 0.244 e. The number of likely N-dealkylation sites (N-methyl/N-ethyl adjacent to an activating group) is 1. The van der Waals surface area contributed by atoms with Gasteiger partial charge in [0.25, 0.3) is 0 Å². The first-order valence-electron chi connectivity index (χ1n) is 8.12. The van der Waals surface area contributed by atoms with Gasteiger partial charge in [0.2, 0.25) is 11.8 Å². The first kappa shape index (κ1) is 16.0. The average molecular weight is 316 g/mol. The van der Waals surface area contributed by atoms with Crippen molar-refractivity contribution in [2.24, 2.45) is 0 Å². The molecule has 6 heteroatoms. The number of rotatable bonds is 3. The van der Waals surface area contributed by atoms with Gasteiger partial charge in [-0.3, -0.25) is 19.4 Å². The van der Waals surface area contributed by atoms with Crippen LogP contribution in [0.5, 0.6) is 0 Å². The lowest BCUT2D eigenvalue weighted by atomic mass is 10.0. The van der Waals surface area contributed by atoms with Crippen molar-refractivity contribution in [3.8, 4) is 0 Å². The first-order chi connectivity index (χ1) is 11.0. The number of fused-ring (bicyclic) bond motifs is 1. The van der Waals surface area contributed by atoms with Crippen molar-refractivity contribution in [3.63, 3.8) is 0 Å². The van der Waals surface area contributed by atoms with E-state index in [-0.39, 0.29) is 18.4 Å². The normalized spacial score (nSPS) is 22.0. The third-order valence-electron chi connectivity index (χ3n) is 4.64. The molecule has 1 aromatic carbocycles. The SMILES string of the molecule is CN(C)C1CCCN(CC(=O)N2CC(=O)Nc3ccccc32)C1. The Hall–Kier alpha value is -1.92. The number of carbonyl (C=O) groups is 2. The molecule has 23 heavy (non-hydrogen) atoms. The fourth-order valence-corrected chi connectivity index (χ4v) is 3.33. The van der Waals surface area contributed by atoms with Gasteiger partial charge in [0.1, 0.15) is 6.54 Å². The average Bonchev–Trinajstić information content (AvgIpc) is 2.54. The van der Waals surface area contributed by atoms with Crippen molar-refractivity contribution in [1.82, 2.24) is 9.80 Å². The highest BCUT2D eigenvalue weighted by atomic mass is 16.2. The van der Waals surface area contributed by atoms with Crippen LogP contribution in [0.3, 0.4) is 0 Å². The van der Waals surface area contributed by atoms with Crippen LogP contribution in [0.2, 0.25) is 0 Å². The van der Waals surface area contributed by atoms with Crippen molar-refractivity contribution in [1.29, 1.82) is 0 Å². The lowest BCUT2D eigenvalue weighted by Gasteiger charge is -2.37. The van der Waals surface area contributed by atoms with E-state index < -0.39 is 0 Å². The molecule has 0 radical (unpaired) electrons. The third kappa shape index (κ3) is 3.54. The summed E-state index contributed by atoms with van der Waals surface area (Å²) in [5.41, 5.74) is 1.50. The van der Waals surface area contributed by atoms with Crippen LogP contribution >= 0.6 is 0 Å². The molecule has 2 aliphatic rings. The molecule has 6 nitrogen and oxygen atoms in total. The van der Waals surface area contributed by atoms with Crippen LogP contribution in [-0.4, -0.2) is 67.9 Å². The van der Waals surface area contributed by atoms with Crippen molar-refractivity contribution < 1.29 is 9.59 Å². The van der Waals surface area contributed by atoms with Crippen molar-refractivity contribution in [3.05, 3.63) is 24.3 Å². The lowest BCUT2D eigenvalue weighted by molar-refractivity contribution is -0.123. The van der Waals surface area contributed by atoms with Gasteiger partial charge >= 0.3 is 0 Å². The zero-order valence-corrected chi connectivity index (χ0v) is 13.8. The Balaban J connectivity index is 1.70. The zero-order valence-electron chi connectivity index (χ0n) is 13.8. The van der Waals surface area contributed by atoms with Crippen molar-refractivity contribution >= 4 is 23.2 Å². The molecule has 0 spiro atoms. The van der Waals surface area contributed by atoms with Crippen LogP contribution in [0.15, 0.2) is 24.3 Å². The number of nitrogens with one attached hydrogen (secondary N) is 1. The molecule has 3 rings (SSSR count). The molecule has 0 bridgehead atoms. The summed E-state index contributed by atoms with van der Waals surface area (Å²) < 4.78 is 0. The number of hydrogen-bond donors (Lipinski definition) is 1. The van der Waals surface area contributed by atoms with Gasteiger partial charge in [0.05, 0.1) is 17.9 Å². The van der Waals surface area contributed by atoms with Crippen LogP contribution < -0.4 is 10.2 Å². The van der Waals surface area contributed by atoms with E-state index in [1.807, 2.05) is 24.3 Å². The summed E-state index contributed by atoms with van der Waals surface area (Å²) in [6.07, 6.45) is 2.28. The van der Waals surface area contributed by atoms with Crippen LogP contribution in [0, 0.1) is 0 Å². The minimum absolute atomic E-state index is 0.00768. The smallest absolute Gasteiger partial charge is 0.244 e. The number of likely N-dealkylation sites (tertiary alicyclic amines) is 1. The van der Waals surface area contributed by atoms with Gasteiger partial charge in [0.15, 0.2) is 0 Å². The highest BCUT2D eigenvalue weighted by Gasteiger charge is 2.29. The molecule has 2 amide bonds. The summed E-state index contributed by atoms with van der Waals surface area (Å²) in [5, 5.41) is 2.82. The predicted octanol–water partition coefficient (Wildman–Crippen LogP) is 0.998. The minimum Gasteiger partial charge on any atom is -0.323 e. The second kappa shape index (κ2) is 6.68. The minimum atomic E-state index is -0.137. The molecular formula is C17H24N4O2. The topological polar surface area (TPSA) is 55.9 Å². The van der Waals surface area contributed by atoms with Gasteiger partial charge in [-0.1, -0.05) is 12.1 Å². The van der Waals surface area contributed by atoms with Crippen LogP contribution in [0.4, 0.5) is 11.4 Å². The molecule has 124 valence electrons. The molecule has 0 saturated carbocycles. The summed E-state index contributed by atoms with van der Waals surface area (Å²) in [4.78, 5) is 30.6. The number of amides is 2. The Morgan fingerprint density at radius 3 is 2.91 bits per heavy atom. The predicted molar refractivity (Wildman–Crippen MR) is 90.6 cm³/mol. The zero-order chi connectivity index (χ0) is 16.4. The monoisotopic (exact) mass is 316 g/mol. The Morgan fingerprint density at radius 1 is 1.35 bits per heavy atom. The van der Waals surface area contributed by atoms with Gasteiger partial charge in [-0.15, -0.1) is 0 Å². The molecule has 0 aliphatic carbocycles. The Morgan fingerprint density at radius 2 is 2.13 bits per heavy atom. The summed E-state index contributed by atoms with van der Waals surface area (Å²) >= 11 is 0. The molecule has 1 fully saturated rings. The van der Waals surface area contributed by atoms with Gasteiger partial charge < -0.3 is 10.2 Å². The number of benzene rings is 1. The second-order valence-corrected chi connectivity index (χ2v) is 6.54. The molecule has 1 N–H and O–H groups in total. The number of anilines is 2. The largest absolute Gasteiger partial charge is 0.323 e. The summed E-state index contributed by atoms with van der Waals surface area (Å²) in [5.74, 6) is -0.145. The molecular weight excluding hydrogens is 292 g/mol. The summed E-state index contributed by atoms with van der Waals surface area (Å²) in [6.45, 7) is 2.31. The van der Waals surface area contributed by atoms with Crippen molar-refractivity contribution in [2.75, 3.05) is 50.5 Å². The maximum atomic E-state index is 12.7. The van der Waals surface area contributed by atoms with E-state index in [2.05, 4.69) is 29.2 Å². The fourth-order valence-electron chi connectivity index (χ4n) is 3.33. The number of para-hydroxylation sites is 2. The molecule has 2 heterocycles. The van der Waals surface area contributed by atoms with E-state index in [9.17, 15) is 9.59 Å².